The third-order valence-corrected chi connectivity index (χ3v) is 3.96. The molecule has 0 bridgehead atoms. The van der Waals surface area contributed by atoms with Crippen molar-refractivity contribution in [3.05, 3.63) is 28.2 Å². The molecule has 1 aliphatic heterocycles. The van der Waals surface area contributed by atoms with Gasteiger partial charge in [0.25, 0.3) is 5.91 Å². The summed E-state index contributed by atoms with van der Waals surface area (Å²) in [4.78, 5) is 26.3. The number of rotatable bonds is 3. The first-order valence-electron chi connectivity index (χ1n) is 6.76. The maximum Gasteiger partial charge on any atom is 0.255 e. The van der Waals surface area contributed by atoms with Gasteiger partial charge >= 0.3 is 0 Å². The lowest BCUT2D eigenvalue weighted by Crippen LogP contribution is -2.55. The van der Waals surface area contributed by atoms with E-state index in [4.69, 9.17) is 10.5 Å². The fourth-order valence-corrected chi connectivity index (χ4v) is 2.63. The van der Waals surface area contributed by atoms with Gasteiger partial charge in [0.2, 0.25) is 5.91 Å². The first-order valence-corrected chi connectivity index (χ1v) is 7.55. The Balaban J connectivity index is 2.26. The molecule has 0 spiro atoms. The Kier molecular flexibility index (Phi) is 5.19. The lowest BCUT2D eigenvalue weighted by Gasteiger charge is -2.34. The third-order valence-electron chi connectivity index (χ3n) is 3.26. The van der Waals surface area contributed by atoms with Crippen LogP contribution in [0.4, 0.5) is 5.69 Å². The van der Waals surface area contributed by atoms with E-state index in [0.717, 1.165) is 0 Å². The van der Waals surface area contributed by atoms with Gasteiger partial charge in [-0.2, -0.15) is 0 Å². The molecule has 2 rings (SSSR count). The summed E-state index contributed by atoms with van der Waals surface area (Å²) in [5.41, 5.74) is 6.70. The number of benzene rings is 1. The van der Waals surface area contributed by atoms with Crippen LogP contribution in [0.25, 0.3) is 0 Å². The molecule has 114 valence electrons. The smallest absolute Gasteiger partial charge is 0.255 e. The maximum absolute atomic E-state index is 12.7. The number of nitrogens with two attached hydrogens (primary N) is 1. The topological polar surface area (TPSA) is 84.7 Å². The zero-order valence-corrected chi connectivity index (χ0v) is 13.4. The predicted molar refractivity (Wildman–Crippen MR) is 82.9 cm³/mol. The van der Waals surface area contributed by atoms with Gasteiger partial charge in [0.05, 0.1) is 18.8 Å². The molecule has 1 aromatic carbocycles. The van der Waals surface area contributed by atoms with E-state index in [0.29, 0.717) is 35.4 Å². The van der Waals surface area contributed by atoms with Crippen LogP contribution in [0.15, 0.2) is 22.7 Å². The molecular weight excluding hydrogens is 338 g/mol. The highest BCUT2D eigenvalue weighted by Gasteiger charge is 2.33. The number of hydrogen-bond donors (Lipinski definition) is 2. The number of likely N-dealkylation sites (N-methyl/N-ethyl adjacent to an activating group) is 1. The van der Waals surface area contributed by atoms with E-state index in [9.17, 15) is 9.59 Å². The quantitative estimate of drug-likeness (QED) is 0.792. The summed E-state index contributed by atoms with van der Waals surface area (Å²) in [6, 6.07) is 4.43. The fraction of sp³-hybridized carbons (Fsp3) is 0.429. The lowest BCUT2D eigenvalue weighted by atomic mass is 10.1. The molecule has 1 aliphatic rings. The highest BCUT2D eigenvalue weighted by atomic mass is 79.9. The van der Waals surface area contributed by atoms with Gasteiger partial charge in [-0.15, -0.1) is 0 Å². The molecule has 1 heterocycles. The average molecular weight is 356 g/mol. The van der Waals surface area contributed by atoms with Crippen molar-refractivity contribution in [3.63, 3.8) is 0 Å². The number of morpholine rings is 1. The van der Waals surface area contributed by atoms with E-state index < -0.39 is 6.04 Å². The molecular formula is C14H18BrN3O3. The van der Waals surface area contributed by atoms with E-state index in [1.54, 1.807) is 18.2 Å². The zero-order chi connectivity index (χ0) is 15.4. The molecule has 2 amide bonds. The minimum absolute atomic E-state index is 0.203. The highest BCUT2D eigenvalue weighted by Crippen LogP contribution is 2.23. The van der Waals surface area contributed by atoms with E-state index in [1.807, 2.05) is 6.92 Å². The first-order chi connectivity index (χ1) is 10.0. The molecule has 1 saturated heterocycles. The molecule has 1 unspecified atom stereocenters. The van der Waals surface area contributed by atoms with Crippen molar-refractivity contribution in [2.24, 2.45) is 0 Å². The number of carbonyl (C=O) groups is 2. The highest BCUT2D eigenvalue weighted by molar-refractivity contribution is 9.10. The van der Waals surface area contributed by atoms with E-state index >= 15 is 0 Å². The van der Waals surface area contributed by atoms with Crippen LogP contribution in [0.3, 0.4) is 0 Å². The SMILES string of the molecule is CCNC(=O)C1COCCN1C(=O)c1cc(N)ccc1Br. The molecule has 3 N–H and O–H groups in total. The summed E-state index contributed by atoms with van der Waals surface area (Å²) >= 11 is 3.35. The number of hydrogen-bond acceptors (Lipinski definition) is 4. The maximum atomic E-state index is 12.7. The lowest BCUT2D eigenvalue weighted by molar-refractivity contribution is -0.130. The van der Waals surface area contributed by atoms with Crippen LogP contribution in [-0.2, 0) is 9.53 Å². The Morgan fingerprint density at radius 3 is 3.00 bits per heavy atom. The van der Waals surface area contributed by atoms with Crippen LogP contribution in [-0.4, -0.2) is 49.1 Å². The van der Waals surface area contributed by atoms with Crippen molar-refractivity contribution in [2.75, 3.05) is 32.0 Å². The number of carbonyl (C=O) groups excluding carboxylic acids is 2. The summed E-state index contributed by atoms with van der Waals surface area (Å²) in [6.07, 6.45) is 0. The Bertz CT molecular complexity index is 550. The fourth-order valence-electron chi connectivity index (χ4n) is 2.22. The van der Waals surface area contributed by atoms with Crippen LogP contribution in [0, 0.1) is 0 Å². The second-order valence-electron chi connectivity index (χ2n) is 4.72. The van der Waals surface area contributed by atoms with Crippen LogP contribution >= 0.6 is 15.9 Å². The monoisotopic (exact) mass is 355 g/mol. The molecule has 1 fully saturated rings. The van der Waals surface area contributed by atoms with Gasteiger partial charge in [-0.3, -0.25) is 9.59 Å². The van der Waals surface area contributed by atoms with Crippen LogP contribution < -0.4 is 11.1 Å². The Hall–Kier alpha value is -1.60. The summed E-state index contributed by atoms with van der Waals surface area (Å²) in [7, 11) is 0. The second-order valence-corrected chi connectivity index (χ2v) is 5.58. The van der Waals surface area contributed by atoms with Crippen molar-refractivity contribution >= 4 is 33.4 Å². The van der Waals surface area contributed by atoms with Crippen molar-refractivity contribution < 1.29 is 14.3 Å². The van der Waals surface area contributed by atoms with Gasteiger partial charge in [-0.25, -0.2) is 0 Å². The number of amides is 2. The van der Waals surface area contributed by atoms with Gasteiger partial charge in [0, 0.05) is 23.2 Å². The predicted octanol–water partition coefficient (Wildman–Crippen LogP) is 1.01. The average Bonchev–Trinajstić information content (AvgIpc) is 2.49. The Morgan fingerprint density at radius 2 is 2.29 bits per heavy atom. The Morgan fingerprint density at radius 1 is 1.52 bits per heavy atom. The van der Waals surface area contributed by atoms with Crippen molar-refractivity contribution in [1.29, 1.82) is 0 Å². The molecule has 0 saturated carbocycles. The third kappa shape index (κ3) is 3.54. The van der Waals surface area contributed by atoms with Gasteiger partial charge in [-0.1, -0.05) is 0 Å². The van der Waals surface area contributed by atoms with E-state index in [-0.39, 0.29) is 18.4 Å². The largest absolute Gasteiger partial charge is 0.399 e. The molecule has 21 heavy (non-hydrogen) atoms. The summed E-state index contributed by atoms with van der Waals surface area (Å²) < 4.78 is 5.98. The summed E-state index contributed by atoms with van der Waals surface area (Å²) in [5, 5.41) is 2.73. The standard InChI is InChI=1S/C14H18BrN3O3/c1-2-17-13(19)12-8-21-6-5-18(12)14(20)10-7-9(16)3-4-11(10)15/h3-4,7,12H,2,5-6,8,16H2,1H3,(H,17,19). The van der Waals surface area contributed by atoms with Crippen LogP contribution in [0.5, 0.6) is 0 Å². The van der Waals surface area contributed by atoms with E-state index in [2.05, 4.69) is 21.2 Å². The van der Waals surface area contributed by atoms with Gasteiger partial charge in [0.1, 0.15) is 6.04 Å². The van der Waals surface area contributed by atoms with Gasteiger partial charge < -0.3 is 20.7 Å². The van der Waals surface area contributed by atoms with Crippen LogP contribution in [0.1, 0.15) is 17.3 Å². The molecule has 0 aliphatic carbocycles. The minimum atomic E-state index is -0.612. The molecule has 0 aromatic heterocycles. The number of nitrogens with one attached hydrogen (secondary N) is 1. The number of nitrogens with zero attached hydrogens (tertiary/aromatic N) is 1. The van der Waals surface area contributed by atoms with Crippen molar-refractivity contribution in [2.45, 2.75) is 13.0 Å². The number of halogens is 1. The summed E-state index contributed by atoms with van der Waals surface area (Å²) in [6.45, 7) is 3.35. The first kappa shape index (κ1) is 15.8. The Labute approximate surface area is 131 Å². The molecule has 1 atom stereocenters. The second kappa shape index (κ2) is 6.91. The van der Waals surface area contributed by atoms with Crippen molar-refractivity contribution in [1.82, 2.24) is 10.2 Å². The molecule has 7 heteroatoms. The molecule has 6 nitrogen and oxygen atoms in total. The normalized spacial score (nSPS) is 18.4. The zero-order valence-electron chi connectivity index (χ0n) is 11.8. The summed E-state index contributed by atoms with van der Waals surface area (Å²) in [5.74, 6) is -0.431. The number of ether oxygens (including phenoxy) is 1. The molecule has 1 aromatic rings. The van der Waals surface area contributed by atoms with Crippen LogP contribution in [0.2, 0.25) is 0 Å². The number of nitrogen functional groups attached to an aromatic ring is 1. The van der Waals surface area contributed by atoms with Gasteiger partial charge in [-0.05, 0) is 41.1 Å². The number of anilines is 1. The van der Waals surface area contributed by atoms with Crippen molar-refractivity contribution in [3.8, 4) is 0 Å². The van der Waals surface area contributed by atoms with Gasteiger partial charge in [0.15, 0.2) is 0 Å². The molecule has 0 radical (unpaired) electrons. The minimum Gasteiger partial charge on any atom is -0.399 e. The van der Waals surface area contributed by atoms with E-state index in [1.165, 1.54) is 4.90 Å².